The summed E-state index contributed by atoms with van der Waals surface area (Å²) in [6.45, 7) is 0. The standard InChI is InChI=1S/C10H18N2/c11-10(8-6-7-8)12-9-4-2-1-3-5-9/h8-9H,1-7H2,(H2,11,12). The third-order valence-electron chi connectivity index (χ3n) is 2.90. The molecule has 2 nitrogen and oxygen atoms in total. The summed E-state index contributed by atoms with van der Waals surface area (Å²) in [6, 6.07) is 0.569. The molecule has 0 unspecified atom stereocenters. The minimum atomic E-state index is 0.569. The van der Waals surface area contributed by atoms with E-state index in [0.29, 0.717) is 12.0 Å². The first-order valence-corrected chi connectivity index (χ1v) is 5.19. The summed E-state index contributed by atoms with van der Waals surface area (Å²) in [6.07, 6.45) is 9.21. The van der Waals surface area contributed by atoms with Crippen molar-refractivity contribution in [3.63, 3.8) is 0 Å². The zero-order valence-corrected chi connectivity index (χ0v) is 7.63. The van der Waals surface area contributed by atoms with Crippen molar-refractivity contribution < 1.29 is 0 Å². The lowest BCUT2D eigenvalue weighted by atomic mass is 9.96. The van der Waals surface area contributed by atoms with Gasteiger partial charge in [0.2, 0.25) is 0 Å². The van der Waals surface area contributed by atoms with E-state index in [4.69, 9.17) is 5.73 Å². The lowest BCUT2D eigenvalue weighted by Crippen LogP contribution is -2.20. The average Bonchev–Trinajstić information content (AvgIpc) is 2.88. The lowest BCUT2D eigenvalue weighted by Gasteiger charge is -2.18. The van der Waals surface area contributed by atoms with E-state index in [1.54, 1.807) is 0 Å². The maximum Gasteiger partial charge on any atom is 0.0971 e. The summed E-state index contributed by atoms with van der Waals surface area (Å²) in [5, 5.41) is 0. The van der Waals surface area contributed by atoms with Crippen molar-refractivity contribution in [1.29, 1.82) is 0 Å². The average molecular weight is 166 g/mol. The van der Waals surface area contributed by atoms with Crippen molar-refractivity contribution in [2.75, 3.05) is 0 Å². The summed E-state index contributed by atoms with van der Waals surface area (Å²) >= 11 is 0. The summed E-state index contributed by atoms with van der Waals surface area (Å²) in [7, 11) is 0. The molecule has 68 valence electrons. The highest BCUT2D eigenvalue weighted by Crippen LogP contribution is 2.30. The molecule has 2 fully saturated rings. The zero-order valence-electron chi connectivity index (χ0n) is 7.63. The molecule has 2 heteroatoms. The van der Waals surface area contributed by atoms with Crippen LogP contribution in [0.1, 0.15) is 44.9 Å². The molecular formula is C10H18N2. The van der Waals surface area contributed by atoms with Crippen LogP contribution in [0.5, 0.6) is 0 Å². The van der Waals surface area contributed by atoms with Crippen LogP contribution in [0.15, 0.2) is 4.99 Å². The Kier molecular flexibility index (Phi) is 2.33. The molecule has 0 amide bonds. The monoisotopic (exact) mass is 166 g/mol. The van der Waals surface area contributed by atoms with E-state index in [9.17, 15) is 0 Å². The van der Waals surface area contributed by atoms with Crippen molar-refractivity contribution in [1.82, 2.24) is 0 Å². The molecule has 0 radical (unpaired) electrons. The van der Waals surface area contributed by atoms with E-state index >= 15 is 0 Å². The van der Waals surface area contributed by atoms with Gasteiger partial charge in [-0.15, -0.1) is 0 Å². The summed E-state index contributed by atoms with van der Waals surface area (Å²) in [5.74, 6) is 1.61. The Balaban J connectivity index is 1.85. The van der Waals surface area contributed by atoms with Gasteiger partial charge in [-0.2, -0.15) is 0 Å². The van der Waals surface area contributed by atoms with Gasteiger partial charge in [0.05, 0.1) is 11.9 Å². The van der Waals surface area contributed by atoms with E-state index in [1.807, 2.05) is 0 Å². The molecule has 0 aromatic carbocycles. The third kappa shape index (κ3) is 1.99. The molecule has 0 atom stereocenters. The van der Waals surface area contributed by atoms with Crippen LogP contribution < -0.4 is 5.73 Å². The molecule has 2 rings (SSSR count). The Bertz CT molecular complexity index is 176. The fraction of sp³-hybridized carbons (Fsp3) is 0.900. The first kappa shape index (κ1) is 8.09. The molecule has 0 bridgehead atoms. The Hall–Kier alpha value is -0.530. The van der Waals surface area contributed by atoms with Gasteiger partial charge in [-0.3, -0.25) is 4.99 Å². The van der Waals surface area contributed by atoms with Gasteiger partial charge in [0.15, 0.2) is 0 Å². The molecule has 2 aliphatic rings. The van der Waals surface area contributed by atoms with E-state index < -0.39 is 0 Å². The van der Waals surface area contributed by atoms with Gasteiger partial charge in [-0.05, 0) is 25.7 Å². The smallest absolute Gasteiger partial charge is 0.0971 e. The highest BCUT2D eigenvalue weighted by Gasteiger charge is 2.26. The zero-order chi connectivity index (χ0) is 8.39. The van der Waals surface area contributed by atoms with Crippen LogP contribution in [-0.2, 0) is 0 Å². The third-order valence-corrected chi connectivity index (χ3v) is 2.90. The van der Waals surface area contributed by atoms with Gasteiger partial charge >= 0.3 is 0 Å². The maximum absolute atomic E-state index is 5.86. The number of rotatable bonds is 2. The molecule has 0 aromatic rings. The van der Waals surface area contributed by atoms with Crippen LogP contribution in [-0.4, -0.2) is 11.9 Å². The SMILES string of the molecule is NC(=NC1CCCCC1)C1CC1. The number of hydrogen-bond acceptors (Lipinski definition) is 1. The number of hydrogen-bond donors (Lipinski definition) is 1. The summed E-state index contributed by atoms with van der Waals surface area (Å²) in [4.78, 5) is 4.59. The van der Waals surface area contributed by atoms with Gasteiger partial charge in [0, 0.05) is 5.92 Å². The van der Waals surface area contributed by atoms with Crippen molar-refractivity contribution in [2.24, 2.45) is 16.6 Å². The molecule has 0 heterocycles. The molecule has 2 aliphatic carbocycles. The fourth-order valence-corrected chi connectivity index (χ4v) is 1.91. The number of nitrogens with two attached hydrogens (primary N) is 1. The van der Waals surface area contributed by atoms with Crippen LogP contribution in [0.25, 0.3) is 0 Å². The van der Waals surface area contributed by atoms with Gasteiger partial charge < -0.3 is 5.73 Å². The van der Waals surface area contributed by atoms with Crippen LogP contribution in [0, 0.1) is 5.92 Å². The topological polar surface area (TPSA) is 38.4 Å². The van der Waals surface area contributed by atoms with Crippen LogP contribution in [0.3, 0.4) is 0 Å². The van der Waals surface area contributed by atoms with Gasteiger partial charge in [-0.25, -0.2) is 0 Å². The largest absolute Gasteiger partial charge is 0.387 e. The number of nitrogens with zero attached hydrogens (tertiary/aromatic N) is 1. The Morgan fingerprint density at radius 2 is 1.67 bits per heavy atom. The molecule has 2 N–H and O–H groups in total. The van der Waals surface area contributed by atoms with Gasteiger partial charge in [0.1, 0.15) is 0 Å². The molecule has 0 aromatic heterocycles. The molecule has 12 heavy (non-hydrogen) atoms. The van der Waals surface area contributed by atoms with Crippen LogP contribution in [0.4, 0.5) is 0 Å². The first-order valence-electron chi connectivity index (χ1n) is 5.19. The Morgan fingerprint density at radius 3 is 2.25 bits per heavy atom. The quantitative estimate of drug-likeness (QED) is 0.495. The molecule has 0 spiro atoms. The Labute approximate surface area is 74.2 Å². The van der Waals surface area contributed by atoms with E-state index in [2.05, 4.69) is 4.99 Å². The summed E-state index contributed by atoms with van der Waals surface area (Å²) in [5.41, 5.74) is 5.86. The van der Waals surface area contributed by atoms with Gasteiger partial charge in [0.25, 0.3) is 0 Å². The lowest BCUT2D eigenvalue weighted by molar-refractivity contribution is 0.442. The van der Waals surface area contributed by atoms with Crippen molar-refractivity contribution in [3.05, 3.63) is 0 Å². The second-order valence-electron chi connectivity index (χ2n) is 4.12. The van der Waals surface area contributed by atoms with Crippen molar-refractivity contribution in [2.45, 2.75) is 51.0 Å². The minimum Gasteiger partial charge on any atom is -0.387 e. The molecule has 0 saturated heterocycles. The van der Waals surface area contributed by atoms with E-state index in [-0.39, 0.29) is 0 Å². The van der Waals surface area contributed by atoms with Crippen LogP contribution in [0.2, 0.25) is 0 Å². The van der Waals surface area contributed by atoms with E-state index in [0.717, 1.165) is 5.84 Å². The number of amidine groups is 1. The van der Waals surface area contributed by atoms with Crippen molar-refractivity contribution in [3.8, 4) is 0 Å². The summed E-state index contributed by atoms with van der Waals surface area (Å²) < 4.78 is 0. The maximum atomic E-state index is 5.86. The fourth-order valence-electron chi connectivity index (χ4n) is 1.91. The highest BCUT2D eigenvalue weighted by atomic mass is 14.9. The molecule has 2 saturated carbocycles. The highest BCUT2D eigenvalue weighted by molar-refractivity contribution is 5.85. The van der Waals surface area contributed by atoms with Crippen molar-refractivity contribution >= 4 is 5.84 Å². The first-order chi connectivity index (χ1) is 5.86. The second-order valence-corrected chi connectivity index (χ2v) is 4.12. The second kappa shape index (κ2) is 3.46. The molecule has 0 aliphatic heterocycles. The normalized spacial score (nSPS) is 27.5. The van der Waals surface area contributed by atoms with Gasteiger partial charge in [-0.1, -0.05) is 19.3 Å². The molecular weight excluding hydrogens is 148 g/mol. The van der Waals surface area contributed by atoms with E-state index in [1.165, 1.54) is 44.9 Å². The number of aliphatic imine (C=N–C) groups is 1. The van der Waals surface area contributed by atoms with Crippen LogP contribution >= 0.6 is 0 Å². The Morgan fingerprint density at radius 1 is 1.00 bits per heavy atom. The predicted octanol–water partition coefficient (Wildman–Crippen LogP) is 2.09. The predicted molar refractivity (Wildman–Crippen MR) is 51.2 cm³/mol. The minimum absolute atomic E-state index is 0.569.